The number of ether oxygens (including phenoxy) is 1. The molecule has 0 aliphatic heterocycles. The zero-order valence-electron chi connectivity index (χ0n) is 11.0. The average molecular weight is 285 g/mol. The molecule has 0 radical (unpaired) electrons. The van der Waals surface area contributed by atoms with Crippen LogP contribution in [0.2, 0.25) is 5.02 Å². The van der Waals surface area contributed by atoms with Crippen molar-refractivity contribution in [2.24, 2.45) is 0 Å². The number of benzene rings is 1. The Labute approximate surface area is 117 Å². The minimum absolute atomic E-state index is 0.0423. The smallest absolute Gasteiger partial charge is 0.273 e. The summed E-state index contributed by atoms with van der Waals surface area (Å²) in [6, 6.07) is 3.10. The van der Waals surface area contributed by atoms with E-state index < -0.39 is 4.92 Å². The lowest BCUT2D eigenvalue weighted by Gasteiger charge is -2.40. The summed E-state index contributed by atoms with van der Waals surface area (Å²) in [5, 5.41) is 14.4. The van der Waals surface area contributed by atoms with Gasteiger partial charge < -0.3 is 10.1 Å². The monoisotopic (exact) mass is 284 g/mol. The van der Waals surface area contributed by atoms with E-state index in [0.717, 1.165) is 12.8 Å². The molecule has 104 valence electrons. The van der Waals surface area contributed by atoms with E-state index in [0.29, 0.717) is 22.8 Å². The zero-order chi connectivity index (χ0) is 14.0. The van der Waals surface area contributed by atoms with Crippen LogP contribution in [0.3, 0.4) is 0 Å². The minimum atomic E-state index is -0.423. The summed E-state index contributed by atoms with van der Waals surface area (Å²) in [6.45, 7) is 2.37. The van der Waals surface area contributed by atoms with Crippen LogP contribution >= 0.6 is 11.6 Å². The Morgan fingerprint density at radius 3 is 2.68 bits per heavy atom. The van der Waals surface area contributed by atoms with E-state index in [4.69, 9.17) is 16.3 Å². The molecule has 1 aromatic carbocycles. The van der Waals surface area contributed by atoms with Crippen molar-refractivity contribution in [3.8, 4) is 0 Å². The summed E-state index contributed by atoms with van der Waals surface area (Å²) in [5.41, 5.74) is 1.24. The van der Waals surface area contributed by atoms with E-state index >= 15 is 0 Å². The first-order chi connectivity index (χ1) is 8.97. The summed E-state index contributed by atoms with van der Waals surface area (Å²) in [7, 11) is 1.71. The number of methoxy groups -OCH3 is 1. The van der Waals surface area contributed by atoms with Crippen LogP contribution in [0.15, 0.2) is 12.1 Å². The Bertz CT molecular complexity index is 495. The van der Waals surface area contributed by atoms with Gasteiger partial charge in [-0.3, -0.25) is 10.1 Å². The van der Waals surface area contributed by atoms with Gasteiger partial charge in [0.05, 0.1) is 21.2 Å². The number of rotatable bonds is 5. The van der Waals surface area contributed by atoms with E-state index in [1.165, 1.54) is 12.5 Å². The number of hydrogen-bond acceptors (Lipinski definition) is 4. The average Bonchev–Trinajstić information content (AvgIpc) is 2.31. The number of halogens is 1. The van der Waals surface area contributed by atoms with Crippen LogP contribution in [0.25, 0.3) is 0 Å². The predicted molar refractivity (Wildman–Crippen MR) is 74.9 cm³/mol. The first-order valence-electron chi connectivity index (χ1n) is 6.21. The molecule has 1 aromatic rings. The molecule has 2 rings (SSSR count). The standard InChI is InChI=1S/C13H17ClN2O3/c1-9-6-11(10(14)7-12(9)16(17)18)15-8-13(19-2)4-3-5-13/h6-7,15H,3-5,8H2,1-2H3. The quantitative estimate of drug-likeness (QED) is 0.663. The molecule has 0 aromatic heterocycles. The molecule has 0 amide bonds. The zero-order valence-corrected chi connectivity index (χ0v) is 11.8. The Morgan fingerprint density at radius 2 is 2.21 bits per heavy atom. The third-order valence-electron chi connectivity index (χ3n) is 3.78. The molecule has 1 aliphatic carbocycles. The van der Waals surface area contributed by atoms with Crippen molar-refractivity contribution < 1.29 is 9.66 Å². The normalized spacial score (nSPS) is 16.8. The Hall–Kier alpha value is -1.33. The largest absolute Gasteiger partial charge is 0.381 e. The van der Waals surface area contributed by atoms with Crippen LogP contribution in [0, 0.1) is 17.0 Å². The van der Waals surface area contributed by atoms with Crippen molar-refractivity contribution in [2.45, 2.75) is 31.8 Å². The van der Waals surface area contributed by atoms with E-state index in [2.05, 4.69) is 5.32 Å². The molecule has 0 unspecified atom stereocenters. The van der Waals surface area contributed by atoms with Gasteiger partial charge in [0.15, 0.2) is 0 Å². The van der Waals surface area contributed by atoms with Gasteiger partial charge in [-0.15, -0.1) is 0 Å². The molecular formula is C13H17ClN2O3. The molecule has 0 atom stereocenters. The molecule has 1 N–H and O–H groups in total. The van der Waals surface area contributed by atoms with Crippen LogP contribution in [-0.2, 0) is 4.74 Å². The van der Waals surface area contributed by atoms with Gasteiger partial charge in [0.1, 0.15) is 0 Å². The molecule has 1 fully saturated rings. The molecule has 5 nitrogen and oxygen atoms in total. The van der Waals surface area contributed by atoms with Gasteiger partial charge >= 0.3 is 0 Å². The Kier molecular flexibility index (Phi) is 3.96. The van der Waals surface area contributed by atoms with E-state index in [1.807, 2.05) is 0 Å². The highest BCUT2D eigenvalue weighted by molar-refractivity contribution is 6.33. The topological polar surface area (TPSA) is 64.4 Å². The summed E-state index contributed by atoms with van der Waals surface area (Å²) in [5.74, 6) is 0. The predicted octanol–water partition coefficient (Wildman–Crippen LogP) is 3.54. The fourth-order valence-corrected chi connectivity index (χ4v) is 2.51. The van der Waals surface area contributed by atoms with Crippen molar-refractivity contribution in [2.75, 3.05) is 19.0 Å². The highest BCUT2D eigenvalue weighted by Crippen LogP contribution is 2.36. The second kappa shape index (κ2) is 5.35. The molecule has 6 heteroatoms. The summed E-state index contributed by atoms with van der Waals surface area (Å²) >= 11 is 6.07. The molecule has 0 spiro atoms. The molecule has 0 bridgehead atoms. The van der Waals surface area contributed by atoms with Gasteiger partial charge in [0.2, 0.25) is 0 Å². The fraction of sp³-hybridized carbons (Fsp3) is 0.538. The summed E-state index contributed by atoms with van der Waals surface area (Å²) in [4.78, 5) is 10.4. The van der Waals surface area contributed by atoms with Gasteiger partial charge in [-0.05, 0) is 32.3 Å². The Morgan fingerprint density at radius 1 is 1.53 bits per heavy atom. The SMILES string of the molecule is COC1(CNc2cc(C)c([N+](=O)[O-])cc2Cl)CCC1. The maximum absolute atomic E-state index is 10.8. The molecular weight excluding hydrogens is 268 g/mol. The van der Waals surface area contributed by atoms with Crippen LogP contribution in [0.5, 0.6) is 0 Å². The second-order valence-electron chi connectivity index (χ2n) is 4.97. The van der Waals surface area contributed by atoms with Crippen molar-refractivity contribution in [3.05, 3.63) is 32.8 Å². The highest BCUT2D eigenvalue weighted by atomic mass is 35.5. The number of nitro benzene ring substituents is 1. The van der Waals surface area contributed by atoms with E-state index in [-0.39, 0.29) is 11.3 Å². The van der Waals surface area contributed by atoms with Crippen LogP contribution < -0.4 is 5.32 Å². The second-order valence-corrected chi connectivity index (χ2v) is 5.38. The van der Waals surface area contributed by atoms with Crippen molar-refractivity contribution >= 4 is 23.0 Å². The highest BCUT2D eigenvalue weighted by Gasteiger charge is 2.36. The third-order valence-corrected chi connectivity index (χ3v) is 4.09. The van der Waals surface area contributed by atoms with Crippen LogP contribution in [0.4, 0.5) is 11.4 Å². The molecule has 0 heterocycles. The summed E-state index contributed by atoms with van der Waals surface area (Å²) < 4.78 is 5.51. The maximum Gasteiger partial charge on any atom is 0.273 e. The van der Waals surface area contributed by atoms with E-state index in [9.17, 15) is 10.1 Å². The van der Waals surface area contributed by atoms with Crippen molar-refractivity contribution in [1.29, 1.82) is 0 Å². The first kappa shape index (κ1) is 14.1. The van der Waals surface area contributed by atoms with Gasteiger partial charge in [-0.1, -0.05) is 11.6 Å². The fourth-order valence-electron chi connectivity index (χ4n) is 2.28. The lowest BCUT2D eigenvalue weighted by Crippen LogP contribution is -2.45. The molecule has 19 heavy (non-hydrogen) atoms. The number of nitrogens with zero attached hydrogens (tertiary/aromatic N) is 1. The third kappa shape index (κ3) is 2.82. The summed E-state index contributed by atoms with van der Waals surface area (Å²) in [6.07, 6.45) is 3.22. The number of aryl methyl sites for hydroxylation is 1. The van der Waals surface area contributed by atoms with Crippen LogP contribution in [0.1, 0.15) is 24.8 Å². The number of anilines is 1. The maximum atomic E-state index is 10.8. The number of nitrogens with one attached hydrogen (secondary N) is 1. The van der Waals surface area contributed by atoms with Gasteiger partial charge in [0.25, 0.3) is 5.69 Å². The Balaban J connectivity index is 2.13. The van der Waals surface area contributed by atoms with E-state index in [1.54, 1.807) is 20.1 Å². The minimum Gasteiger partial charge on any atom is -0.381 e. The number of hydrogen-bond donors (Lipinski definition) is 1. The van der Waals surface area contributed by atoms with Gasteiger partial charge in [-0.25, -0.2) is 0 Å². The first-order valence-corrected chi connectivity index (χ1v) is 6.59. The van der Waals surface area contributed by atoms with Crippen molar-refractivity contribution in [3.63, 3.8) is 0 Å². The molecule has 1 saturated carbocycles. The lowest BCUT2D eigenvalue weighted by atomic mass is 9.80. The molecule has 0 saturated heterocycles. The molecule has 1 aliphatic rings. The van der Waals surface area contributed by atoms with Gasteiger partial charge in [-0.2, -0.15) is 0 Å². The van der Waals surface area contributed by atoms with Gasteiger partial charge in [0, 0.05) is 25.3 Å². The lowest BCUT2D eigenvalue weighted by molar-refractivity contribution is -0.385. The number of nitro groups is 1. The van der Waals surface area contributed by atoms with Crippen molar-refractivity contribution in [1.82, 2.24) is 0 Å². The van der Waals surface area contributed by atoms with Crippen LogP contribution in [-0.4, -0.2) is 24.2 Å².